The molecule has 1 aliphatic rings. The highest BCUT2D eigenvalue weighted by molar-refractivity contribution is 6.31. The fourth-order valence-electron chi connectivity index (χ4n) is 2.60. The molecule has 1 aliphatic heterocycles. The molecule has 3 aromatic rings. The van der Waals surface area contributed by atoms with Crippen LogP contribution in [0.4, 0.5) is 0 Å². The summed E-state index contributed by atoms with van der Waals surface area (Å²) >= 11 is 6.16. The van der Waals surface area contributed by atoms with Crippen LogP contribution in [-0.4, -0.2) is 29.4 Å². The third-order valence-corrected chi connectivity index (χ3v) is 3.68. The fourth-order valence-corrected chi connectivity index (χ4v) is 2.84. The van der Waals surface area contributed by atoms with Crippen molar-refractivity contribution >= 4 is 11.6 Å². The van der Waals surface area contributed by atoms with Crippen LogP contribution in [0.15, 0.2) is 31.0 Å². The molecule has 0 fully saturated rings. The molecule has 0 saturated carbocycles. The van der Waals surface area contributed by atoms with Crippen molar-refractivity contribution in [2.45, 2.75) is 13.2 Å². The van der Waals surface area contributed by atoms with Gasteiger partial charge >= 0.3 is 0 Å². The summed E-state index contributed by atoms with van der Waals surface area (Å²) in [4.78, 5) is 8.51. The maximum Gasteiger partial charge on any atom is 0.160 e. The molecule has 0 aliphatic carbocycles. The van der Waals surface area contributed by atoms with Gasteiger partial charge in [-0.15, -0.1) is 0 Å². The molecule has 100 valence electrons. The molecule has 0 radical (unpaired) electrons. The quantitative estimate of drug-likeness (QED) is 0.578. The van der Waals surface area contributed by atoms with Gasteiger partial charge in [0.15, 0.2) is 5.82 Å². The number of nitrogens with zero attached hydrogens (tertiary/aromatic N) is 5. The van der Waals surface area contributed by atoms with Crippen molar-refractivity contribution in [1.29, 1.82) is 0 Å². The van der Waals surface area contributed by atoms with Gasteiger partial charge in [0.25, 0.3) is 0 Å². The zero-order valence-electron chi connectivity index (χ0n) is 10.4. The van der Waals surface area contributed by atoms with Gasteiger partial charge in [0.1, 0.15) is 6.33 Å². The number of hydrogen-bond donors (Lipinski definition) is 1. The van der Waals surface area contributed by atoms with E-state index in [0.717, 1.165) is 28.3 Å². The molecule has 4 rings (SSSR count). The van der Waals surface area contributed by atoms with Gasteiger partial charge in [0, 0.05) is 10.6 Å². The van der Waals surface area contributed by atoms with Crippen molar-refractivity contribution in [1.82, 2.24) is 24.3 Å². The van der Waals surface area contributed by atoms with E-state index in [-0.39, 0.29) is 6.61 Å². The molecule has 2 aromatic heterocycles. The number of rotatable bonds is 1. The van der Waals surface area contributed by atoms with Gasteiger partial charge in [-0.25, -0.2) is 14.6 Å². The lowest BCUT2D eigenvalue weighted by atomic mass is 10.0. The number of aliphatic hydroxyl groups excluding tert-OH is 1. The summed E-state index contributed by atoms with van der Waals surface area (Å²) in [5.41, 5.74) is 3.41. The highest BCUT2D eigenvalue weighted by Crippen LogP contribution is 2.35. The zero-order chi connectivity index (χ0) is 13.7. The van der Waals surface area contributed by atoms with Gasteiger partial charge in [0.2, 0.25) is 0 Å². The Morgan fingerprint density at radius 1 is 1.35 bits per heavy atom. The van der Waals surface area contributed by atoms with Gasteiger partial charge in [-0.05, 0) is 17.7 Å². The summed E-state index contributed by atoms with van der Waals surface area (Å²) in [5, 5.41) is 14.4. The third kappa shape index (κ3) is 1.52. The topological polar surface area (TPSA) is 68.8 Å². The molecule has 1 N–H and O–H groups in total. The molecule has 0 spiro atoms. The monoisotopic (exact) mass is 287 g/mol. The Balaban J connectivity index is 2.15. The van der Waals surface area contributed by atoms with Crippen molar-refractivity contribution in [2.24, 2.45) is 0 Å². The molecule has 0 atom stereocenters. The fraction of sp³-hybridized carbons (Fsp3) is 0.154. The maximum absolute atomic E-state index is 9.63. The highest BCUT2D eigenvalue weighted by atomic mass is 35.5. The Labute approximate surface area is 119 Å². The van der Waals surface area contributed by atoms with Crippen molar-refractivity contribution in [2.75, 3.05) is 0 Å². The van der Waals surface area contributed by atoms with Crippen LogP contribution in [0.25, 0.3) is 17.1 Å². The van der Waals surface area contributed by atoms with Gasteiger partial charge in [0.05, 0.1) is 37.1 Å². The van der Waals surface area contributed by atoms with E-state index < -0.39 is 0 Å². The number of aromatic nitrogens is 5. The van der Waals surface area contributed by atoms with Gasteiger partial charge in [-0.2, -0.15) is 5.10 Å². The van der Waals surface area contributed by atoms with Crippen molar-refractivity contribution < 1.29 is 5.11 Å². The van der Waals surface area contributed by atoms with Gasteiger partial charge in [-0.1, -0.05) is 11.6 Å². The van der Waals surface area contributed by atoms with Gasteiger partial charge < -0.3 is 9.67 Å². The van der Waals surface area contributed by atoms with E-state index in [1.807, 2.05) is 10.6 Å². The second kappa shape index (κ2) is 4.16. The second-order valence-electron chi connectivity index (χ2n) is 4.61. The van der Waals surface area contributed by atoms with Crippen LogP contribution < -0.4 is 0 Å². The number of hydrogen-bond acceptors (Lipinski definition) is 4. The van der Waals surface area contributed by atoms with Gasteiger partial charge in [-0.3, -0.25) is 0 Å². The largest absolute Gasteiger partial charge is 0.392 e. The standard InChI is InChI=1S/C13H10ClN5O/c14-9-1-8(5-20)12-11(2-9)18-7-15-3-10(18)4-19-13(12)16-6-17-19/h1-3,6-7,20H,4-5H2. The summed E-state index contributed by atoms with van der Waals surface area (Å²) in [6, 6.07) is 3.60. The molecule has 1 aromatic carbocycles. The van der Waals surface area contributed by atoms with Crippen LogP contribution in [0.3, 0.4) is 0 Å². The first-order valence-electron chi connectivity index (χ1n) is 6.11. The summed E-state index contributed by atoms with van der Waals surface area (Å²) in [6.07, 6.45) is 5.04. The normalized spacial score (nSPS) is 12.5. The third-order valence-electron chi connectivity index (χ3n) is 3.46. The van der Waals surface area contributed by atoms with E-state index in [4.69, 9.17) is 11.6 Å². The van der Waals surface area contributed by atoms with Crippen molar-refractivity contribution in [3.05, 3.63) is 47.3 Å². The van der Waals surface area contributed by atoms with Crippen LogP contribution in [0.1, 0.15) is 11.3 Å². The first-order chi connectivity index (χ1) is 9.78. The lowest BCUT2D eigenvalue weighted by Gasteiger charge is -2.12. The van der Waals surface area contributed by atoms with Crippen molar-refractivity contribution in [3.63, 3.8) is 0 Å². The zero-order valence-corrected chi connectivity index (χ0v) is 11.1. The maximum atomic E-state index is 9.63. The Kier molecular flexibility index (Phi) is 2.42. The summed E-state index contributed by atoms with van der Waals surface area (Å²) < 4.78 is 3.75. The first kappa shape index (κ1) is 11.6. The number of imidazole rings is 1. The molecule has 0 saturated heterocycles. The number of aliphatic hydroxyl groups is 1. The minimum Gasteiger partial charge on any atom is -0.392 e. The summed E-state index contributed by atoms with van der Waals surface area (Å²) in [6.45, 7) is 0.465. The Bertz CT molecular complexity index is 807. The molecular weight excluding hydrogens is 278 g/mol. The minimum atomic E-state index is -0.111. The molecule has 0 amide bonds. The van der Waals surface area contributed by atoms with Crippen LogP contribution >= 0.6 is 11.6 Å². The highest BCUT2D eigenvalue weighted by Gasteiger charge is 2.23. The lowest BCUT2D eigenvalue weighted by molar-refractivity contribution is 0.282. The van der Waals surface area contributed by atoms with Crippen LogP contribution in [0.2, 0.25) is 5.02 Å². The van der Waals surface area contributed by atoms with E-state index in [1.54, 1.807) is 23.3 Å². The molecule has 0 unspecified atom stereocenters. The predicted octanol–water partition coefficient (Wildman–Crippen LogP) is 1.64. The SMILES string of the molecule is OCc1cc(Cl)cc2c1-c1ncnn1Cc1cncn1-2. The summed E-state index contributed by atoms with van der Waals surface area (Å²) in [7, 11) is 0. The van der Waals surface area contributed by atoms with Crippen LogP contribution in [0.5, 0.6) is 0 Å². The Morgan fingerprint density at radius 3 is 3.10 bits per heavy atom. The lowest BCUT2D eigenvalue weighted by Crippen LogP contribution is -2.03. The second-order valence-corrected chi connectivity index (χ2v) is 5.05. The molecule has 6 nitrogen and oxygen atoms in total. The van der Waals surface area contributed by atoms with E-state index in [9.17, 15) is 5.11 Å². The predicted molar refractivity (Wildman–Crippen MR) is 72.6 cm³/mol. The molecule has 20 heavy (non-hydrogen) atoms. The first-order valence-corrected chi connectivity index (χ1v) is 6.49. The van der Waals surface area contributed by atoms with Crippen LogP contribution in [0, 0.1) is 0 Å². The van der Waals surface area contributed by atoms with E-state index in [0.29, 0.717) is 11.6 Å². The Morgan fingerprint density at radius 2 is 2.25 bits per heavy atom. The van der Waals surface area contributed by atoms with E-state index >= 15 is 0 Å². The Hall–Kier alpha value is -2.18. The average Bonchev–Trinajstić information content (AvgIpc) is 3.06. The minimum absolute atomic E-state index is 0.111. The number of fused-ring (bicyclic) bond motifs is 5. The molecule has 7 heteroatoms. The van der Waals surface area contributed by atoms with Crippen molar-refractivity contribution in [3.8, 4) is 17.1 Å². The molecular formula is C13H10ClN5O. The van der Waals surface area contributed by atoms with Crippen LogP contribution in [-0.2, 0) is 13.2 Å². The number of halogens is 1. The van der Waals surface area contributed by atoms with E-state index in [2.05, 4.69) is 15.1 Å². The van der Waals surface area contributed by atoms with E-state index in [1.165, 1.54) is 6.33 Å². The average molecular weight is 288 g/mol. The molecule has 0 bridgehead atoms. The smallest absolute Gasteiger partial charge is 0.160 e. The number of benzene rings is 1. The summed E-state index contributed by atoms with van der Waals surface area (Å²) in [5.74, 6) is 0.726. The molecule has 3 heterocycles.